The third kappa shape index (κ3) is 7.96. The average Bonchev–Trinajstić information content (AvgIpc) is 3.70. The van der Waals surface area contributed by atoms with E-state index in [1.54, 1.807) is 6.20 Å². The van der Waals surface area contributed by atoms with Crippen LogP contribution in [0.1, 0.15) is 62.8 Å². The maximum Gasteiger partial charge on any atom is 0.323 e. The standard InChI is InChI=1S/C20H23N5O.C15H16N4.C4H9N.2H2S/c1-13-11-14(7-9-21-13)17-5-6-18-19(23-17)25(16-8-10-24(18)12-16)20(26)22-15-3-2-4-15;1-10-8-11(4-6-16-10)13-2-3-14-15(18-13)17-12-5-7-19(14)9-12;5-4-2-1-3-4;;/h5-7,9,11,15-16H,2-4,8,10,12H2,1H3,(H,22,26);2-4,6,8,12H,5,7,9H2,1H3,(H,17,18);4H,1-3,5H2;2*1H2/t16-;12-;;;/m00.../s1. The lowest BCUT2D eigenvalue weighted by molar-refractivity contribution is 0.231. The summed E-state index contributed by atoms with van der Waals surface area (Å²) in [7, 11) is 0. The van der Waals surface area contributed by atoms with Crippen molar-refractivity contribution in [2.45, 2.75) is 89.4 Å². The molecule has 4 aromatic heterocycles. The van der Waals surface area contributed by atoms with Crippen molar-refractivity contribution in [3.05, 3.63) is 72.3 Å². The van der Waals surface area contributed by atoms with Crippen molar-refractivity contribution in [3.8, 4) is 22.5 Å². The smallest absolute Gasteiger partial charge is 0.323 e. The van der Waals surface area contributed by atoms with E-state index in [4.69, 9.17) is 15.7 Å². The summed E-state index contributed by atoms with van der Waals surface area (Å²) < 4.78 is 0. The predicted molar refractivity (Wildman–Crippen MR) is 221 cm³/mol. The van der Waals surface area contributed by atoms with Gasteiger partial charge in [0.15, 0.2) is 11.6 Å². The van der Waals surface area contributed by atoms with Gasteiger partial charge in [0.05, 0.1) is 28.8 Å². The van der Waals surface area contributed by atoms with Crippen LogP contribution in [0.3, 0.4) is 0 Å². The molecule has 4 aliphatic heterocycles. The van der Waals surface area contributed by atoms with E-state index in [2.05, 4.69) is 54.7 Å². The molecule has 276 valence electrons. The lowest BCUT2D eigenvalue weighted by atomic mass is 9.93. The van der Waals surface area contributed by atoms with Crippen LogP contribution in [0.25, 0.3) is 22.5 Å². The molecule has 8 heterocycles. The number of aryl methyl sites for hydroxylation is 2. The van der Waals surface area contributed by atoms with Crippen LogP contribution in [-0.2, 0) is 0 Å². The van der Waals surface area contributed by atoms with Crippen molar-refractivity contribution in [3.63, 3.8) is 0 Å². The molecule has 0 radical (unpaired) electrons. The Morgan fingerprint density at radius 1 is 0.769 bits per heavy atom. The monoisotopic (exact) mass is 740 g/mol. The van der Waals surface area contributed by atoms with Crippen LogP contribution in [0.2, 0.25) is 0 Å². The first-order valence-electron chi connectivity index (χ1n) is 18.4. The SMILES string of the molecule is Cc1cc(-c2ccc3c(n2)N(C(=O)NC2CCC2)[C@H]2CCN3C2)ccn1.Cc1cc(-c2ccc3c(n2)N[C@H]2CCN3C2)ccn1.NC1CCC1.S.S. The first-order valence-corrected chi connectivity index (χ1v) is 18.4. The summed E-state index contributed by atoms with van der Waals surface area (Å²) in [6.07, 6.45) is 13.1. The van der Waals surface area contributed by atoms with Crippen LogP contribution in [-0.4, -0.2) is 76.3 Å². The van der Waals surface area contributed by atoms with Crippen molar-refractivity contribution in [1.29, 1.82) is 0 Å². The van der Waals surface area contributed by atoms with Gasteiger partial charge in [-0.05, 0) is 107 Å². The van der Waals surface area contributed by atoms with Crippen LogP contribution < -0.4 is 31.1 Å². The Morgan fingerprint density at radius 3 is 1.96 bits per heavy atom. The van der Waals surface area contributed by atoms with Gasteiger partial charge >= 0.3 is 6.03 Å². The highest BCUT2D eigenvalue weighted by molar-refractivity contribution is 7.59. The summed E-state index contributed by atoms with van der Waals surface area (Å²) in [5.74, 6) is 1.82. The van der Waals surface area contributed by atoms with E-state index in [9.17, 15) is 4.79 Å². The lowest BCUT2D eigenvalue weighted by Crippen LogP contribution is -2.54. The topological polar surface area (TPSA) is 128 Å². The Hall–Kier alpha value is -4.07. The molecule has 2 saturated heterocycles. The van der Waals surface area contributed by atoms with E-state index >= 15 is 0 Å². The van der Waals surface area contributed by atoms with Gasteiger partial charge in [-0.3, -0.25) is 14.9 Å². The Balaban J connectivity index is 0.000000157. The number of urea groups is 1. The molecule has 2 saturated carbocycles. The average molecular weight is 741 g/mol. The molecule has 0 aromatic carbocycles. The minimum absolute atomic E-state index is 0. The summed E-state index contributed by atoms with van der Waals surface area (Å²) >= 11 is 0. The lowest BCUT2D eigenvalue weighted by Gasteiger charge is -2.37. The zero-order valence-electron chi connectivity index (χ0n) is 30.2. The Morgan fingerprint density at radius 2 is 1.37 bits per heavy atom. The number of anilines is 4. The minimum atomic E-state index is 0. The molecule has 2 aliphatic carbocycles. The molecule has 10 rings (SSSR count). The van der Waals surface area contributed by atoms with Gasteiger partial charge in [-0.1, -0.05) is 6.42 Å². The number of nitrogens with two attached hydrogens (primary N) is 1. The van der Waals surface area contributed by atoms with E-state index in [-0.39, 0.29) is 39.1 Å². The van der Waals surface area contributed by atoms with Crippen molar-refractivity contribution >= 4 is 56.0 Å². The molecule has 0 spiro atoms. The van der Waals surface area contributed by atoms with Crippen molar-refractivity contribution < 1.29 is 4.79 Å². The Labute approximate surface area is 321 Å². The molecule has 0 unspecified atom stereocenters. The number of hydrogen-bond acceptors (Lipinski definition) is 9. The maximum atomic E-state index is 13.0. The number of amides is 2. The fourth-order valence-electron chi connectivity index (χ4n) is 7.54. The number of nitrogens with one attached hydrogen (secondary N) is 2. The van der Waals surface area contributed by atoms with Crippen LogP contribution >= 0.6 is 27.0 Å². The number of carbonyl (C=O) groups excluding carboxylic acids is 1. The quantitative estimate of drug-likeness (QED) is 0.222. The molecule has 13 heteroatoms. The Bertz CT molecular complexity index is 1870. The summed E-state index contributed by atoms with van der Waals surface area (Å²) in [5.41, 5.74) is 13.7. The fourth-order valence-corrected chi connectivity index (χ4v) is 7.54. The van der Waals surface area contributed by atoms with E-state index in [0.717, 1.165) is 96.7 Å². The van der Waals surface area contributed by atoms with E-state index < -0.39 is 0 Å². The molecule has 52 heavy (non-hydrogen) atoms. The highest BCUT2D eigenvalue weighted by Crippen LogP contribution is 2.40. The second-order valence-electron chi connectivity index (χ2n) is 14.6. The van der Waals surface area contributed by atoms with Crippen molar-refractivity contribution in [2.24, 2.45) is 5.73 Å². The van der Waals surface area contributed by atoms with Gasteiger partial charge in [0.25, 0.3) is 0 Å². The number of pyridine rings is 4. The first kappa shape index (κ1) is 37.7. The summed E-state index contributed by atoms with van der Waals surface area (Å²) in [4.78, 5) is 37.9. The molecule has 4 bridgehead atoms. The number of carbonyl (C=O) groups is 1. The highest BCUT2D eigenvalue weighted by atomic mass is 32.1. The van der Waals surface area contributed by atoms with E-state index in [0.29, 0.717) is 18.1 Å². The van der Waals surface area contributed by atoms with Gasteiger partial charge in [0.2, 0.25) is 0 Å². The molecule has 4 fully saturated rings. The predicted octanol–water partition coefficient (Wildman–Crippen LogP) is 6.29. The van der Waals surface area contributed by atoms with Gasteiger partial charge in [0, 0.05) is 79.2 Å². The summed E-state index contributed by atoms with van der Waals surface area (Å²) in [6.45, 7) is 8.13. The largest absolute Gasteiger partial charge is 0.366 e. The first-order chi connectivity index (χ1) is 24.4. The van der Waals surface area contributed by atoms with Gasteiger partial charge in [-0.2, -0.15) is 27.0 Å². The zero-order valence-corrected chi connectivity index (χ0v) is 32.2. The number of hydrogen-bond donors (Lipinski definition) is 3. The fraction of sp³-hybridized carbons (Fsp3) is 0.462. The van der Waals surface area contributed by atoms with Gasteiger partial charge < -0.3 is 26.2 Å². The van der Waals surface area contributed by atoms with E-state index in [1.165, 1.54) is 37.8 Å². The van der Waals surface area contributed by atoms with Crippen molar-refractivity contribution in [2.75, 3.05) is 46.2 Å². The zero-order chi connectivity index (χ0) is 34.2. The van der Waals surface area contributed by atoms with Gasteiger partial charge in [-0.25, -0.2) is 14.8 Å². The number of rotatable bonds is 3. The van der Waals surface area contributed by atoms with Crippen LogP contribution in [0.15, 0.2) is 60.9 Å². The van der Waals surface area contributed by atoms with Gasteiger partial charge in [0.1, 0.15) is 0 Å². The van der Waals surface area contributed by atoms with Crippen LogP contribution in [0.4, 0.5) is 27.8 Å². The Kier molecular flexibility index (Phi) is 11.8. The molecule has 2 amide bonds. The third-order valence-electron chi connectivity index (χ3n) is 10.9. The molecule has 2 atom stereocenters. The van der Waals surface area contributed by atoms with Gasteiger partial charge in [-0.15, -0.1) is 0 Å². The molecule has 4 aromatic rings. The summed E-state index contributed by atoms with van der Waals surface area (Å²) in [5, 5.41) is 6.74. The van der Waals surface area contributed by atoms with Crippen LogP contribution in [0, 0.1) is 13.8 Å². The second kappa shape index (κ2) is 16.3. The minimum Gasteiger partial charge on any atom is -0.366 e. The molecule has 6 aliphatic rings. The number of fused-ring (bicyclic) bond motifs is 8. The maximum absolute atomic E-state index is 13.0. The number of nitrogens with zero attached hydrogens (tertiary/aromatic N) is 7. The summed E-state index contributed by atoms with van der Waals surface area (Å²) in [6, 6.07) is 18.2. The molecule has 11 nitrogen and oxygen atoms in total. The molecule has 4 N–H and O–H groups in total. The van der Waals surface area contributed by atoms with Crippen LogP contribution in [0.5, 0.6) is 0 Å². The molecular formula is C39H52N10OS2. The number of aromatic nitrogens is 4. The second-order valence-corrected chi connectivity index (χ2v) is 14.6. The highest BCUT2D eigenvalue weighted by Gasteiger charge is 2.41. The van der Waals surface area contributed by atoms with Crippen molar-refractivity contribution in [1.82, 2.24) is 25.3 Å². The molecular weight excluding hydrogens is 689 g/mol. The normalized spacial score (nSPS) is 20.5. The third-order valence-corrected chi connectivity index (χ3v) is 10.9. The van der Waals surface area contributed by atoms with E-state index in [1.807, 2.05) is 49.2 Å².